The quantitative estimate of drug-likeness (QED) is 0.0355. The molecule has 0 aliphatic carbocycles. The van der Waals surface area contributed by atoms with Crippen LogP contribution in [0.4, 0.5) is 0 Å². The highest BCUT2D eigenvalue weighted by atomic mass is 16.6. The number of carbonyl (C=O) groups excluding carboxylic acids is 3. The highest BCUT2D eigenvalue weighted by molar-refractivity contribution is 5.71. The van der Waals surface area contributed by atoms with Crippen molar-refractivity contribution in [3.63, 3.8) is 0 Å². The van der Waals surface area contributed by atoms with Gasteiger partial charge in [-0.15, -0.1) is 0 Å². The Morgan fingerprint density at radius 2 is 0.529 bits per heavy atom. The summed E-state index contributed by atoms with van der Waals surface area (Å²) in [7, 11) is 0. The molecule has 0 spiro atoms. The van der Waals surface area contributed by atoms with Crippen LogP contribution in [-0.2, 0) is 28.6 Å². The third kappa shape index (κ3) is 39.5. The SMILES string of the molecule is CCCCCCCCCCCCCCCCCC(=O)OCC(COC(=O)CCCCCCCCCC)OC(=O)CCCCCCCCCCCC. The first kappa shape index (κ1) is 49.4. The van der Waals surface area contributed by atoms with E-state index in [0.717, 1.165) is 57.8 Å². The lowest BCUT2D eigenvalue weighted by molar-refractivity contribution is -0.167. The number of hydrogen-bond acceptors (Lipinski definition) is 6. The molecule has 0 aromatic rings. The Morgan fingerprint density at radius 3 is 0.784 bits per heavy atom. The largest absolute Gasteiger partial charge is 0.462 e. The van der Waals surface area contributed by atoms with Crippen molar-refractivity contribution in [2.24, 2.45) is 0 Å². The van der Waals surface area contributed by atoms with Gasteiger partial charge in [-0.3, -0.25) is 14.4 Å². The van der Waals surface area contributed by atoms with Crippen molar-refractivity contribution >= 4 is 17.9 Å². The van der Waals surface area contributed by atoms with Crippen molar-refractivity contribution in [3.05, 3.63) is 0 Å². The van der Waals surface area contributed by atoms with Crippen LogP contribution < -0.4 is 0 Å². The molecule has 0 radical (unpaired) electrons. The van der Waals surface area contributed by atoms with Crippen LogP contribution in [0.15, 0.2) is 0 Å². The van der Waals surface area contributed by atoms with Gasteiger partial charge in [0.15, 0.2) is 6.10 Å². The Morgan fingerprint density at radius 1 is 0.314 bits per heavy atom. The fourth-order valence-electron chi connectivity index (χ4n) is 6.68. The number of unbranched alkanes of at least 4 members (excludes halogenated alkanes) is 30. The summed E-state index contributed by atoms with van der Waals surface area (Å²) in [6, 6.07) is 0. The highest BCUT2D eigenvalue weighted by Crippen LogP contribution is 2.16. The first-order chi connectivity index (χ1) is 25.0. The number of rotatable bonds is 41. The number of carbonyl (C=O) groups is 3. The van der Waals surface area contributed by atoms with Gasteiger partial charge in [0.2, 0.25) is 0 Å². The predicted molar refractivity (Wildman–Crippen MR) is 215 cm³/mol. The number of hydrogen-bond donors (Lipinski definition) is 0. The van der Waals surface area contributed by atoms with E-state index in [2.05, 4.69) is 20.8 Å². The van der Waals surface area contributed by atoms with Crippen molar-refractivity contribution in [2.75, 3.05) is 13.2 Å². The Hall–Kier alpha value is -1.59. The Balaban J connectivity index is 4.25. The topological polar surface area (TPSA) is 78.9 Å². The summed E-state index contributed by atoms with van der Waals surface area (Å²) >= 11 is 0. The lowest BCUT2D eigenvalue weighted by Crippen LogP contribution is -2.30. The third-order valence-corrected chi connectivity index (χ3v) is 10.1. The average Bonchev–Trinajstić information content (AvgIpc) is 3.12. The van der Waals surface area contributed by atoms with Crippen molar-refractivity contribution in [1.29, 1.82) is 0 Å². The molecule has 0 fully saturated rings. The van der Waals surface area contributed by atoms with Crippen LogP contribution in [-0.4, -0.2) is 37.2 Å². The summed E-state index contributed by atoms with van der Waals surface area (Å²) in [6.45, 7) is 6.61. The van der Waals surface area contributed by atoms with Crippen molar-refractivity contribution in [1.82, 2.24) is 0 Å². The molecule has 0 heterocycles. The van der Waals surface area contributed by atoms with E-state index in [1.807, 2.05) is 0 Å². The molecule has 0 rings (SSSR count). The molecule has 0 saturated heterocycles. The highest BCUT2D eigenvalue weighted by Gasteiger charge is 2.19. The van der Waals surface area contributed by atoms with Gasteiger partial charge in [-0.05, 0) is 19.3 Å². The summed E-state index contributed by atoms with van der Waals surface area (Å²) in [5.74, 6) is -0.858. The zero-order valence-corrected chi connectivity index (χ0v) is 34.4. The van der Waals surface area contributed by atoms with Gasteiger partial charge in [-0.25, -0.2) is 0 Å². The molecule has 0 aliphatic heterocycles. The van der Waals surface area contributed by atoms with Crippen LogP contribution >= 0.6 is 0 Å². The second-order valence-corrected chi connectivity index (χ2v) is 15.3. The van der Waals surface area contributed by atoms with E-state index in [1.165, 1.54) is 154 Å². The summed E-state index contributed by atoms with van der Waals surface area (Å²) in [5, 5.41) is 0. The van der Waals surface area contributed by atoms with Gasteiger partial charge in [0.1, 0.15) is 13.2 Å². The molecule has 0 bridgehead atoms. The maximum absolute atomic E-state index is 12.6. The Bertz CT molecular complexity index is 753. The maximum atomic E-state index is 12.6. The van der Waals surface area contributed by atoms with Crippen molar-refractivity contribution < 1.29 is 28.6 Å². The standard InChI is InChI=1S/C45H86O6/c1-4-7-10-13-16-19-21-22-23-24-25-27-29-32-35-38-44(47)50-41-42(40-49-43(46)37-34-31-28-18-15-12-9-6-3)51-45(48)39-36-33-30-26-20-17-14-11-8-5-2/h42H,4-41H2,1-3H3. The lowest BCUT2D eigenvalue weighted by atomic mass is 10.0. The molecule has 0 N–H and O–H groups in total. The second-order valence-electron chi connectivity index (χ2n) is 15.3. The molecule has 0 aliphatic rings. The van der Waals surface area contributed by atoms with E-state index < -0.39 is 6.10 Å². The monoisotopic (exact) mass is 723 g/mol. The van der Waals surface area contributed by atoms with Gasteiger partial charge in [-0.1, -0.05) is 213 Å². The molecule has 1 atom stereocenters. The van der Waals surface area contributed by atoms with Gasteiger partial charge in [0.05, 0.1) is 0 Å². The van der Waals surface area contributed by atoms with E-state index in [4.69, 9.17) is 14.2 Å². The third-order valence-electron chi connectivity index (χ3n) is 10.1. The first-order valence-corrected chi connectivity index (χ1v) is 22.5. The van der Waals surface area contributed by atoms with E-state index in [-0.39, 0.29) is 31.1 Å². The van der Waals surface area contributed by atoms with Crippen LogP contribution in [0.1, 0.15) is 252 Å². The van der Waals surface area contributed by atoms with E-state index in [1.54, 1.807) is 0 Å². The zero-order chi connectivity index (χ0) is 37.3. The molecule has 6 heteroatoms. The molecule has 0 aromatic heterocycles. The molecule has 6 nitrogen and oxygen atoms in total. The van der Waals surface area contributed by atoms with E-state index in [9.17, 15) is 14.4 Å². The predicted octanol–water partition coefficient (Wildman–Crippen LogP) is 14.1. The second kappa shape index (κ2) is 41.2. The van der Waals surface area contributed by atoms with Crippen LogP contribution in [0.2, 0.25) is 0 Å². The van der Waals surface area contributed by atoms with E-state index in [0.29, 0.717) is 19.3 Å². The van der Waals surface area contributed by atoms with E-state index >= 15 is 0 Å². The summed E-state index contributed by atoms with van der Waals surface area (Å²) in [5.41, 5.74) is 0. The minimum Gasteiger partial charge on any atom is -0.462 e. The van der Waals surface area contributed by atoms with Gasteiger partial charge in [0, 0.05) is 19.3 Å². The number of ether oxygens (including phenoxy) is 3. The first-order valence-electron chi connectivity index (χ1n) is 22.5. The summed E-state index contributed by atoms with van der Waals surface area (Å²) in [6.07, 6.45) is 40.9. The fourth-order valence-corrected chi connectivity index (χ4v) is 6.68. The molecular weight excluding hydrogens is 636 g/mol. The normalized spacial score (nSPS) is 11.8. The zero-order valence-electron chi connectivity index (χ0n) is 34.4. The lowest BCUT2D eigenvalue weighted by Gasteiger charge is -2.18. The molecule has 0 saturated carbocycles. The van der Waals surface area contributed by atoms with Crippen LogP contribution in [0.3, 0.4) is 0 Å². The molecule has 1 unspecified atom stereocenters. The van der Waals surface area contributed by atoms with Crippen molar-refractivity contribution in [2.45, 2.75) is 258 Å². The number of esters is 3. The smallest absolute Gasteiger partial charge is 0.306 e. The molecule has 51 heavy (non-hydrogen) atoms. The summed E-state index contributed by atoms with van der Waals surface area (Å²) < 4.78 is 16.7. The fraction of sp³-hybridized carbons (Fsp3) is 0.933. The molecule has 0 aromatic carbocycles. The van der Waals surface area contributed by atoms with Crippen molar-refractivity contribution in [3.8, 4) is 0 Å². The van der Waals surface area contributed by atoms with Crippen LogP contribution in [0.25, 0.3) is 0 Å². The van der Waals surface area contributed by atoms with Crippen LogP contribution in [0.5, 0.6) is 0 Å². The average molecular weight is 723 g/mol. The Kier molecular flexibility index (Phi) is 39.9. The molecular formula is C45H86O6. The molecule has 0 amide bonds. The van der Waals surface area contributed by atoms with Gasteiger partial charge >= 0.3 is 17.9 Å². The maximum Gasteiger partial charge on any atom is 0.306 e. The minimum absolute atomic E-state index is 0.0631. The van der Waals surface area contributed by atoms with Gasteiger partial charge in [-0.2, -0.15) is 0 Å². The van der Waals surface area contributed by atoms with Crippen LogP contribution in [0, 0.1) is 0 Å². The van der Waals surface area contributed by atoms with Gasteiger partial charge < -0.3 is 14.2 Å². The minimum atomic E-state index is -0.756. The Labute approximate surface area is 317 Å². The molecule has 302 valence electrons. The van der Waals surface area contributed by atoms with Gasteiger partial charge in [0.25, 0.3) is 0 Å². The summed E-state index contributed by atoms with van der Waals surface area (Å²) in [4.78, 5) is 37.5.